The van der Waals surface area contributed by atoms with Crippen LogP contribution in [0.5, 0.6) is 0 Å². The second-order valence-electron chi connectivity index (χ2n) is 6.05. The van der Waals surface area contributed by atoms with Crippen molar-refractivity contribution in [3.63, 3.8) is 0 Å². The van der Waals surface area contributed by atoms with Gasteiger partial charge in [-0.05, 0) is 55.4 Å². The van der Waals surface area contributed by atoms with E-state index in [-0.39, 0.29) is 5.91 Å². The number of hydrogen-bond acceptors (Lipinski definition) is 2. The first-order valence-electron chi connectivity index (χ1n) is 7.39. The molecule has 1 amide bonds. The van der Waals surface area contributed by atoms with Crippen molar-refractivity contribution in [1.82, 2.24) is 4.90 Å². The van der Waals surface area contributed by atoms with Crippen molar-refractivity contribution in [3.05, 3.63) is 35.4 Å². The van der Waals surface area contributed by atoms with Gasteiger partial charge in [0.05, 0.1) is 11.6 Å². The number of rotatable bonds is 3. The third kappa shape index (κ3) is 3.60. The van der Waals surface area contributed by atoms with Gasteiger partial charge >= 0.3 is 0 Å². The lowest BCUT2D eigenvalue weighted by Crippen LogP contribution is -2.38. The van der Waals surface area contributed by atoms with Crippen LogP contribution in [0.4, 0.5) is 0 Å². The highest BCUT2D eigenvalue weighted by Gasteiger charge is 2.23. The van der Waals surface area contributed by atoms with Crippen LogP contribution in [0.1, 0.15) is 49.0 Å². The van der Waals surface area contributed by atoms with E-state index in [4.69, 9.17) is 5.26 Å². The molecule has 0 bridgehead atoms. The van der Waals surface area contributed by atoms with E-state index in [0.717, 1.165) is 37.8 Å². The standard InChI is InChI=1S/C17H22N2O/c1-13(2)11-14-7-9-19(10-8-14)17(20)16-5-3-15(12-18)4-6-16/h3-6,13-14H,7-11H2,1-2H3. The number of carbonyl (C=O) groups is 1. The van der Waals surface area contributed by atoms with Crippen LogP contribution in [-0.4, -0.2) is 23.9 Å². The molecule has 3 nitrogen and oxygen atoms in total. The zero-order chi connectivity index (χ0) is 14.5. The summed E-state index contributed by atoms with van der Waals surface area (Å²) in [4.78, 5) is 14.3. The second-order valence-corrected chi connectivity index (χ2v) is 6.05. The molecule has 1 aliphatic heterocycles. The number of nitrogens with zero attached hydrogens (tertiary/aromatic N) is 2. The molecule has 1 aromatic rings. The third-order valence-corrected chi connectivity index (χ3v) is 3.97. The molecule has 0 radical (unpaired) electrons. The minimum Gasteiger partial charge on any atom is -0.339 e. The van der Waals surface area contributed by atoms with Crippen molar-refractivity contribution in [2.24, 2.45) is 11.8 Å². The first-order valence-corrected chi connectivity index (χ1v) is 7.39. The average molecular weight is 270 g/mol. The molecule has 106 valence electrons. The molecule has 1 saturated heterocycles. The van der Waals surface area contributed by atoms with E-state index in [2.05, 4.69) is 19.9 Å². The lowest BCUT2D eigenvalue weighted by Gasteiger charge is -2.32. The van der Waals surface area contributed by atoms with Crippen LogP contribution in [0.15, 0.2) is 24.3 Å². The third-order valence-electron chi connectivity index (χ3n) is 3.97. The fourth-order valence-corrected chi connectivity index (χ4v) is 2.91. The molecule has 0 unspecified atom stereocenters. The second kappa shape index (κ2) is 6.56. The van der Waals surface area contributed by atoms with Gasteiger partial charge in [0.2, 0.25) is 0 Å². The van der Waals surface area contributed by atoms with Gasteiger partial charge in [0, 0.05) is 18.7 Å². The Kier molecular flexibility index (Phi) is 4.79. The predicted molar refractivity (Wildman–Crippen MR) is 79.2 cm³/mol. The van der Waals surface area contributed by atoms with E-state index in [1.165, 1.54) is 6.42 Å². The van der Waals surface area contributed by atoms with E-state index >= 15 is 0 Å². The van der Waals surface area contributed by atoms with Crippen LogP contribution in [0, 0.1) is 23.2 Å². The molecular formula is C17H22N2O. The molecular weight excluding hydrogens is 248 g/mol. The molecule has 1 aromatic carbocycles. The summed E-state index contributed by atoms with van der Waals surface area (Å²) in [5.74, 6) is 1.60. The Morgan fingerprint density at radius 2 is 1.90 bits per heavy atom. The molecule has 0 aliphatic carbocycles. The molecule has 0 spiro atoms. The molecule has 0 aromatic heterocycles. The van der Waals surface area contributed by atoms with Crippen molar-refractivity contribution in [2.45, 2.75) is 33.1 Å². The fraction of sp³-hybridized carbons (Fsp3) is 0.529. The van der Waals surface area contributed by atoms with Crippen LogP contribution in [0.2, 0.25) is 0 Å². The van der Waals surface area contributed by atoms with Gasteiger partial charge < -0.3 is 4.90 Å². The molecule has 1 fully saturated rings. The van der Waals surface area contributed by atoms with E-state index in [0.29, 0.717) is 11.1 Å². The van der Waals surface area contributed by atoms with Crippen molar-refractivity contribution >= 4 is 5.91 Å². The normalized spacial score (nSPS) is 16.2. The van der Waals surface area contributed by atoms with Gasteiger partial charge in [-0.15, -0.1) is 0 Å². The number of hydrogen-bond donors (Lipinski definition) is 0. The number of carbonyl (C=O) groups excluding carboxylic acids is 1. The highest BCUT2D eigenvalue weighted by molar-refractivity contribution is 5.94. The minimum absolute atomic E-state index is 0.0949. The fourth-order valence-electron chi connectivity index (χ4n) is 2.91. The van der Waals surface area contributed by atoms with Gasteiger partial charge in [0.1, 0.15) is 0 Å². The molecule has 3 heteroatoms. The average Bonchev–Trinajstić information content (AvgIpc) is 2.47. The zero-order valence-electron chi connectivity index (χ0n) is 12.3. The van der Waals surface area contributed by atoms with E-state index in [9.17, 15) is 4.79 Å². The van der Waals surface area contributed by atoms with Crippen molar-refractivity contribution < 1.29 is 4.79 Å². The summed E-state index contributed by atoms with van der Waals surface area (Å²) in [5, 5.41) is 8.77. The quantitative estimate of drug-likeness (QED) is 0.844. The highest BCUT2D eigenvalue weighted by atomic mass is 16.2. The first-order chi connectivity index (χ1) is 9.60. The summed E-state index contributed by atoms with van der Waals surface area (Å²) in [6.07, 6.45) is 3.49. The number of benzene rings is 1. The van der Waals surface area contributed by atoms with Crippen LogP contribution in [0.3, 0.4) is 0 Å². The Morgan fingerprint density at radius 1 is 1.30 bits per heavy atom. The Hall–Kier alpha value is -1.82. The molecule has 0 atom stereocenters. The Balaban J connectivity index is 1.92. The smallest absolute Gasteiger partial charge is 0.253 e. The Morgan fingerprint density at radius 3 is 2.40 bits per heavy atom. The number of likely N-dealkylation sites (tertiary alicyclic amines) is 1. The summed E-state index contributed by atoms with van der Waals surface area (Å²) in [6.45, 7) is 6.23. The van der Waals surface area contributed by atoms with Gasteiger partial charge in [0.25, 0.3) is 5.91 Å². The zero-order valence-corrected chi connectivity index (χ0v) is 12.3. The molecule has 1 heterocycles. The van der Waals surface area contributed by atoms with E-state index in [1.807, 2.05) is 4.90 Å². The van der Waals surface area contributed by atoms with E-state index in [1.54, 1.807) is 24.3 Å². The minimum atomic E-state index is 0.0949. The van der Waals surface area contributed by atoms with E-state index < -0.39 is 0 Å². The Bertz CT molecular complexity index is 491. The van der Waals surface area contributed by atoms with Crippen molar-refractivity contribution in [1.29, 1.82) is 5.26 Å². The Labute approximate surface area is 121 Å². The molecule has 2 rings (SSSR count). The molecule has 1 aliphatic rings. The highest BCUT2D eigenvalue weighted by Crippen LogP contribution is 2.24. The number of piperidine rings is 1. The van der Waals surface area contributed by atoms with Crippen molar-refractivity contribution in [2.75, 3.05) is 13.1 Å². The lowest BCUT2D eigenvalue weighted by molar-refractivity contribution is 0.0681. The summed E-state index contributed by atoms with van der Waals surface area (Å²) in [6, 6.07) is 8.99. The summed E-state index contributed by atoms with van der Waals surface area (Å²) in [5.41, 5.74) is 1.28. The maximum Gasteiger partial charge on any atom is 0.253 e. The van der Waals surface area contributed by atoms with Crippen molar-refractivity contribution in [3.8, 4) is 6.07 Å². The van der Waals surface area contributed by atoms with Crippen LogP contribution < -0.4 is 0 Å². The van der Waals surface area contributed by atoms with Crippen LogP contribution in [0.25, 0.3) is 0 Å². The van der Waals surface area contributed by atoms with Gasteiger partial charge in [0.15, 0.2) is 0 Å². The maximum atomic E-state index is 12.4. The number of nitriles is 1. The van der Waals surface area contributed by atoms with Gasteiger partial charge in [-0.25, -0.2) is 0 Å². The lowest BCUT2D eigenvalue weighted by atomic mass is 9.88. The first kappa shape index (κ1) is 14.6. The summed E-state index contributed by atoms with van der Waals surface area (Å²) >= 11 is 0. The topological polar surface area (TPSA) is 44.1 Å². The largest absolute Gasteiger partial charge is 0.339 e. The predicted octanol–water partition coefficient (Wildman–Crippen LogP) is 3.46. The van der Waals surface area contributed by atoms with Crippen LogP contribution in [-0.2, 0) is 0 Å². The maximum absolute atomic E-state index is 12.4. The number of amides is 1. The van der Waals surface area contributed by atoms with Gasteiger partial charge in [-0.2, -0.15) is 5.26 Å². The molecule has 20 heavy (non-hydrogen) atoms. The molecule has 0 saturated carbocycles. The van der Waals surface area contributed by atoms with Gasteiger partial charge in [-0.1, -0.05) is 13.8 Å². The van der Waals surface area contributed by atoms with Gasteiger partial charge in [-0.3, -0.25) is 4.79 Å². The molecule has 0 N–H and O–H groups in total. The SMILES string of the molecule is CC(C)CC1CCN(C(=O)c2ccc(C#N)cc2)CC1. The summed E-state index contributed by atoms with van der Waals surface area (Å²) in [7, 11) is 0. The summed E-state index contributed by atoms with van der Waals surface area (Å²) < 4.78 is 0. The monoisotopic (exact) mass is 270 g/mol. The van der Waals surface area contributed by atoms with Crippen LogP contribution >= 0.6 is 0 Å².